The first kappa shape index (κ1) is 4.71. The Hall–Kier alpha value is -0.440. The molecule has 1 rings (SSSR count). The maximum Gasteiger partial charge on any atom is 0.311 e. The summed E-state index contributed by atoms with van der Waals surface area (Å²) in [6.45, 7) is 0. The Morgan fingerprint density at radius 1 is 2.00 bits per heavy atom. The largest absolute Gasteiger partial charge is 0.490 e. The van der Waals surface area contributed by atoms with Crippen LogP contribution in [0.4, 0.5) is 4.79 Å². The third kappa shape index (κ3) is 1.64. The second-order valence-corrected chi connectivity index (χ2v) is 1.24. The van der Waals surface area contributed by atoms with Gasteiger partial charge in [-0.3, -0.25) is 4.79 Å². The molecule has 1 unspecified atom stereocenters. The molecule has 0 saturated carbocycles. The number of carboxylic acid groups (broad SMARTS) is 1. The highest BCUT2D eigenvalue weighted by atomic mass is 16.5. The topological polar surface area (TPSA) is 49.8 Å². The van der Waals surface area contributed by atoms with Crippen LogP contribution in [0.3, 0.4) is 0 Å². The first-order valence-electron chi connectivity index (χ1n) is 1.85. The maximum absolute atomic E-state index is 9.69. The predicted octanol–water partition coefficient (Wildman–Crippen LogP) is -0.698. The molecule has 2 radical (unpaired) electrons. The smallest absolute Gasteiger partial charge is 0.311 e. The van der Waals surface area contributed by atoms with Crippen LogP contribution in [0.5, 0.6) is 0 Å². The van der Waals surface area contributed by atoms with Gasteiger partial charge >= 0.3 is 7.48 Å². The highest BCUT2D eigenvalue weighted by molar-refractivity contribution is 6.82. The minimum Gasteiger partial charge on any atom is -0.490 e. The molecule has 0 aliphatic carbocycles. The lowest BCUT2D eigenvalue weighted by atomic mass is 9.66. The zero-order valence-electron chi connectivity index (χ0n) is 3.50. The molecule has 1 saturated heterocycles. The molecule has 0 spiro atoms. The van der Waals surface area contributed by atoms with E-state index in [0.717, 1.165) is 7.28 Å². The van der Waals surface area contributed by atoms with Crippen LogP contribution in [-0.2, 0) is 4.65 Å². The molecule has 5 heteroatoms. The Bertz CT molecular complexity index is 88.9. The second kappa shape index (κ2) is 1.58. The van der Waals surface area contributed by atoms with Gasteiger partial charge in [-0.25, -0.2) is 0 Å². The van der Waals surface area contributed by atoms with Gasteiger partial charge in [0, 0.05) is 5.90 Å². The monoisotopic (exact) mass is 96.0 g/mol. The number of carbonyl (C=O) groups is 1. The molecular formula is C2H2B2O3. The van der Waals surface area contributed by atoms with E-state index in [9.17, 15) is 4.79 Å². The summed E-state index contributed by atoms with van der Waals surface area (Å²) in [6, 6.07) is 0. The van der Waals surface area contributed by atoms with Crippen molar-refractivity contribution in [2.45, 2.75) is 5.90 Å². The van der Waals surface area contributed by atoms with E-state index < -0.39 is 5.87 Å². The van der Waals surface area contributed by atoms with E-state index in [2.05, 4.69) is 4.65 Å². The van der Waals surface area contributed by atoms with E-state index in [0.29, 0.717) is 0 Å². The summed E-state index contributed by atoms with van der Waals surface area (Å²) in [5.41, 5.74) is 0. The fourth-order valence-corrected chi connectivity index (χ4v) is 0.264. The average Bonchev–Trinajstić information content (AvgIpc) is 2.17. The van der Waals surface area contributed by atoms with Gasteiger partial charge in [0.1, 0.15) is 0 Å². The quantitative estimate of drug-likeness (QED) is 0.365. The molecule has 0 aromatic carbocycles. The van der Waals surface area contributed by atoms with Crippen molar-refractivity contribution in [1.29, 1.82) is 0 Å². The summed E-state index contributed by atoms with van der Waals surface area (Å²) in [5.74, 6) is -1.16. The first-order chi connectivity index (χ1) is 3.29. The van der Waals surface area contributed by atoms with Crippen LogP contribution in [-0.4, -0.2) is 31.6 Å². The van der Waals surface area contributed by atoms with Crippen LogP contribution in [0, 0.1) is 0 Å². The predicted molar refractivity (Wildman–Crippen MR) is 24.4 cm³/mol. The Labute approximate surface area is 42.2 Å². The Morgan fingerprint density at radius 2 is 2.57 bits per heavy atom. The maximum atomic E-state index is 9.69. The SMILES string of the molecule is O=C(O)[B]C1[B]O1. The third-order valence-corrected chi connectivity index (χ3v) is 0.600. The summed E-state index contributed by atoms with van der Waals surface area (Å²) in [5, 5.41) is 7.97. The molecule has 1 fully saturated rings. The third-order valence-electron chi connectivity index (χ3n) is 0.600. The van der Waals surface area contributed by atoms with Crippen LogP contribution >= 0.6 is 0 Å². The van der Waals surface area contributed by atoms with Crippen LogP contribution in [0.2, 0.25) is 0 Å². The lowest BCUT2D eigenvalue weighted by Crippen LogP contribution is -2.12. The van der Waals surface area contributed by atoms with Crippen molar-refractivity contribution in [2.75, 3.05) is 0 Å². The molecule has 1 aliphatic heterocycles. The molecule has 1 N–H and O–H groups in total. The van der Waals surface area contributed by atoms with Crippen molar-refractivity contribution < 1.29 is 14.6 Å². The molecule has 1 atom stereocenters. The van der Waals surface area contributed by atoms with Gasteiger partial charge in [-0.15, -0.1) is 0 Å². The molecule has 7 heavy (non-hydrogen) atoms. The van der Waals surface area contributed by atoms with Gasteiger partial charge in [-0.1, -0.05) is 0 Å². The molecule has 0 amide bonds. The van der Waals surface area contributed by atoms with Crippen molar-refractivity contribution in [1.82, 2.24) is 0 Å². The Balaban J connectivity index is 2.08. The van der Waals surface area contributed by atoms with Gasteiger partial charge < -0.3 is 9.76 Å². The summed E-state index contributed by atoms with van der Waals surface area (Å²) >= 11 is 0. The zero-order valence-corrected chi connectivity index (χ0v) is 3.50. The van der Waals surface area contributed by atoms with Crippen molar-refractivity contribution in [3.63, 3.8) is 0 Å². The number of hydrogen-bond acceptors (Lipinski definition) is 2. The Morgan fingerprint density at radius 3 is 2.71 bits per heavy atom. The molecule has 0 aromatic rings. The van der Waals surface area contributed by atoms with Crippen LogP contribution in [0.1, 0.15) is 0 Å². The summed E-state index contributed by atoms with van der Waals surface area (Å²) < 4.78 is 4.46. The number of hydrogen-bond donors (Lipinski definition) is 1. The van der Waals surface area contributed by atoms with Crippen LogP contribution < -0.4 is 0 Å². The zero-order chi connectivity index (χ0) is 5.28. The van der Waals surface area contributed by atoms with Crippen molar-refractivity contribution in [2.24, 2.45) is 0 Å². The lowest BCUT2D eigenvalue weighted by Gasteiger charge is -1.78. The van der Waals surface area contributed by atoms with Gasteiger partial charge in [-0.2, -0.15) is 0 Å². The van der Waals surface area contributed by atoms with Gasteiger partial charge in [-0.05, 0) is 0 Å². The molecule has 0 aromatic heterocycles. The van der Waals surface area contributed by atoms with E-state index in [1.807, 2.05) is 0 Å². The fourth-order valence-electron chi connectivity index (χ4n) is 0.264. The average molecular weight is 95.7 g/mol. The fraction of sp³-hybridized carbons (Fsp3) is 0.500. The highest BCUT2D eigenvalue weighted by Crippen LogP contribution is 2.01. The van der Waals surface area contributed by atoms with E-state index in [1.165, 1.54) is 7.48 Å². The molecular weight excluding hydrogens is 93.6 g/mol. The van der Waals surface area contributed by atoms with E-state index in [4.69, 9.17) is 5.11 Å². The summed E-state index contributed by atoms with van der Waals surface area (Å²) in [6.07, 6.45) is 0. The van der Waals surface area contributed by atoms with Gasteiger partial charge in [0.2, 0.25) is 5.87 Å². The molecule has 1 aliphatic rings. The lowest BCUT2D eigenvalue weighted by molar-refractivity contribution is 0.219. The molecule has 34 valence electrons. The molecule has 0 bridgehead atoms. The van der Waals surface area contributed by atoms with Crippen molar-refractivity contribution in [3.05, 3.63) is 0 Å². The minimum atomic E-state index is -0.932. The minimum absolute atomic E-state index is 0.225. The Kier molecular flexibility index (Phi) is 1.06. The summed E-state index contributed by atoms with van der Waals surface area (Å²) in [4.78, 5) is 9.69. The van der Waals surface area contributed by atoms with E-state index >= 15 is 0 Å². The number of rotatable bonds is 2. The normalized spacial score (nSPS) is 25.4. The highest BCUT2D eigenvalue weighted by Gasteiger charge is 2.29. The van der Waals surface area contributed by atoms with Crippen molar-refractivity contribution >= 4 is 20.6 Å². The van der Waals surface area contributed by atoms with Gasteiger partial charge in [0.05, 0.1) is 0 Å². The van der Waals surface area contributed by atoms with Crippen LogP contribution in [0.15, 0.2) is 0 Å². The molecule has 3 nitrogen and oxygen atoms in total. The van der Waals surface area contributed by atoms with Gasteiger partial charge in [0.15, 0.2) is 0 Å². The second-order valence-electron chi connectivity index (χ2n) is 1.24. The van der Waals surface area contributed by atoms with E-state index in [1.54, 1.807) is 0 Å². The van der Waals surface area contributed by atoms with E-state index in [-0.39, 0.29) is 5.90 Å². The van der Waals surface area contributed by atoms with Crippen molar-refractivity contribution in [3.8, 4) is 0 Å². The summed E-state index contributed by atoms with van der Waals surface area (Å²) in [7, 11) is 2.54. The standard InChI is InChI=1S/C2H2B2O3/c5-2(6)3-1-4-7-1/h1H,(H,5,6). The van der Waals surface area contributed by atoms with Crippen LogP contribution in [0.25, 0.3) is 0 Å². The first-order valence-corrected chi connectivity index (χ1v) is 1.85. The molecule has 1 heterocycles. The van der Waals surface area contributed by atoms with Gasteiger partial charge in [0.25, 0.3) is 7.28 Å².